The number of piperidine rings is 1. The average molecular weight is 444 g/mol. The Bertz CT molecular complexity index is 1210. The van der Waals surface area contributed by atoms with Gasteiger partial charge in [-0.05, 0) is 61.1 Å². The molecule has 1 aromatic heterocycles. The van der Waals surface area contributed by atoms with Gasteiger partial charge in [0.2, 0.25) is 0 Å². The molecule has 1 aliphatic carbocycles. The molecule has 5 nitrogen and oxygen atoms in total. The molecule has 2 aliphatic heterocycles. The number of fused-ring (bicyclic) bond motifs is 4. The number of ether oxygens (including phenoxy) is 1. The number of nitrogens with zero attached hydrogens (tertiary/aromatic N) is 2. The van der Waals surface area contributed by atoms with Crippen molar-refractivity contribution in [3.63, 3.8) is 0 Å². The highest BCUT2D eigenvalue weighted by Crippen LogP contribution is 2.37. The number of rotatable bonds is 3. The predicted octanol–water partition coefficient (Wildman–Crippen LogP) is 4.47. The van der Waals surface area contributed by atoms with Crippen LogP contribution in [0.15, 0.2) is 30.3 Å². The van der Waals surface area contributed by atoms with Crippen molar-refractivity contribution in [2.75, 3.05) is 44.3 Å². The van der Waals surface area contributed by atoms with Crippen LogP contribution in [0.25, 0.3) is 10.9 Å². The minimum Gasteiger partial charge on any atom is -0.379 e. The summed E-state index contributed by atoms with van der Waals surface area (Å²) in [4.78, 5) is 22.3. The maximum atomic E-state index is 13.6. The van der Waals surface area contributed by atoms with Crippen molar-refractivity contribution in [3.8, 4) is 0 Å². The van der Waals surface area contributed by atoms with E-state index in [4.69, 9.17) is 4.74 Å². The predicted molar refractivity (Wildman–Crippen MR) is 133 cm³/mol. The maximum absolute atomic E-state index is 13.6. The third-order valence-electron chi connectivity index (χ3n) is 7.92. The Morgan fingerprint density at radius 3 is 2.61 bits per heavy atom. The van der Waals surface area contributed by atoms with Crippen molar-refractivity contribution in [3.05, 3.63) is 63.8 Å². The van der Waals surface area contributed by atoms with Gasteiger partial charge < -0.3 is 14.6 Å². The van der Waals surface area contributed by atoms with E-state index in [0.717, 1.165) is 80.0 Å². The molecular formula is C28H33N3O2. The smallest absolute Gasteiger partial charge is 0.195 e. The Balaban J connectivity index is 1.29. The molecule has 3 aromatic rings. The van der Waals surface area contributed by atoms with E-state index in [-0.39, 0.29) is 5.78 Å². The number of aryl methyl sites for hydroxylation is 2. The summed E-state index contributed by atoms with van der Waals surface area (Å²) in [5, 5.41) is 1.05. The van der Waals surface area contributed by atoms with E-state index < -0.39 is 0 Å². The van der Waals surface area contributed by atoms with Crippen LogP contribution in [0.2, 0.25) is 0 Å². The summed E-state index contributed by atoms with van der Waals surface area (Å²) < 4.78 is 5.54. The molecule has 0 bridgehead atoms. The summed E-state index contributed by atoms with van der Waals surface area (Å²) >= 11 is 0. The van der Waals surface area contributed by atoms with E-state index in [1.165, 1.54) is 35.2 Å². The van der Waals surface area contributed by atoms with Gasteiger partial charge in [-0.25, -0.2) is 0 Å². The molecule has 172 valence electrons. The molecule has 5 heteroatoms. The topological polar surface area (TPSA) is 48.6 Å². The Labute approximate surface area is 195 Å². The molecule has 0 spiro atoms. The zero-order valence-corrected chi connectivity index (χ0v) is 19.7. The monoisotopic (exact) mass is 443 g/mol. The van der Waals surface area contributed by atoms with Crippen LogP contribution in [-0.4, -0.2) is 61.1 Å². The van der Waals surface area contributed by atoms with Crippen LogP contribution in [-0.2, 0) is 17.6 Å². The summed E-state index contributed by atoms with van der Waals surface area (Å²) in [6.45, 7) is 10.3. The molecule has 2 saturated heterocycles. The van der Waals surface area contributed by atoms with Gasteiger partial charge in [0.15, 0.2) is 5.78 Å². The summed E-state index contributed by atoms with van der Waals surface area (Å²) in [5.74, 6) is 0.175. The van der Waals surface area contributed by atoms with Crippen LogP contribution >= 0.6 is 0 Å². The SMILES string of the molecule is CCc1cc2c(cc1N1CCC(N3CCOCC3)CC1)Cc1[nH]c3cc(C)ccc3c1C2=O. The highest BCUT2D eigenvalue weighted by atomic mass is 16.5. The van der Waals surface area contributed by atoms with Gasteiger partial charge in [-0.1, -0.05) is 19.1 Å². The fourth-order valence-corrected chi connectivity index (χ4v) is 6.11. The van der Waals surface area contributed by atoms with Gasteiger partial charge >= 0.3 is 0 Å². The Hall–Kier alpha value is -2.63. The number of nitrogens with one attached hydrogen (secondary N) is 1. The molecule has 3 heterocycles. The summed E-state index contributed by atoms with van der Waals surface area (Å²) in [5.41, 5.74) is 8.91. The van der Waals surface area contributed by atoms with Gasteiger partial charge in [-0.15, -0.1) is 0 Å². The highest BCUT2D eigenvalue weighted by molar-refractivity contribution is 6.19. The first-order valence-electron chi connectivity index (χ1n) is 12.5. The first-order valence-corrected chi connectivity index (χ1v) is 12.5. The fourth-order valence-electron chi connectivity index (χ4n) is 6.11. The molecule has 2 fully saturated rings. The highest BCUT2D eigenvalue weighted by Gasteiger charge is 2.31. The van der Waals surface area contributed by atoms with Crippen molar-refractivity contribution in [1.82, 2.24) is 9.88 Å². The van der Waals surface area contributed by atoms with E-state index in [1.54, 1.807) is 0 Å². The van der Waals surface area contributed by atoms with Crippen molar-refractivity contribution in [2.24, 2.45) is 0 Å². The molecule has 0 unspecified atom stereocenters. The zero-order valence-electron chi connectivity index (χ0n) is 19.7. The molecule has 0 saturated carbocycles. The molecule has 3 aliphatic rings. The van der Waals surface area contributed by atoms with Crippen molar-refractivity contribution >= 4 is 22.4 Å². The van der Waals surface area contributed by atoms with Crippen LogP contribution in [0.4, 0.5) is 5.69 Å². The lowest BCUT2D eigenvalue weighted by molar-refractivity contribution is 0.0115. The van der Waals surface area contributed by atoms with Gasteiger partial charge in [0.25, 0.3) is 0 Å². The van der Waals surface area contributed by atoms with E-state index in [2.05, 4.69) is 59.0 Å². The quantitative estimate of drug-likeness (QED) is 0.507. The molecular weight excluding hydrogens is 410 g/mol. The van der Waals surface area contributed by atoms with Gasteiger partial charge in [0, 0.05) is 66.5 Å². The number of aromatic nitrogens is 1. The maximum Gasteiger partial charge on any atom is 0.195 e. The first-order chi connectivity index (χ1) is 16.1. The minimum absolute atomic E-state index is 0.175. The molecule has 1 N–H and O–H groups in total. The lowest BCUT2D eigenvalue weighted by Crippen LogP contribution is -2.49. The van der Waals surface area contributed by atoms with Gasteiger partial charge in [0.05, 0.1) is 18.8 Å². The van der Waals surface area contributed by atoms with Crippen LogP contribution in [0.1, 0.15) is 58.1 Å². The van der Waals surface area contributed by atoms with Gasteiger partial charge in [-0.3, -0.25) is 9.69 Å². The lowest BCUT2D eigenvalue weighted by atomic mass is 9.85. The Kier molecular flexibility index (Phi) is 5.27. The number of hydrogen-bond donors (Lipinski definition) is 1. The van der Waals surface area contributed by atoms with Gasteiger partial charge in [0.1, 0.15) is 0 Å². The molecule has 0 atom stereocenters. The number of benzene rings is 2. The average Bonchev–Trinajstić information content (AvgIpc) is 3.21. The number of carbonyl (C=O) groups excluding carboxylic acids is 1. The number of aromatic amines is 1. The number of ketones is 1. The van der Waals surface area contributed by atoms with Crippen molar-refractivity contribution < 1.29 is 9.53 Å². The van der Waals surface area contributed by atoms with Crippen molar-refractivity contribution in [2.45, 2.75) is 45.6 Å². The van der Waals surface area contributed by atoms with Crippen LogP contribution in [0.5, 0.6) is 0 Å². The Morgan fingerprint density at radius 1 is 1.06 bits per heavy atom. The summed E-state index contributed by atoms with van der Waals surface area (Å²) in [7, 11) is 0. The number of hydrogen-bond acceptors (Lipinski definition) is 4. The second-order valence-electron chi connectivity index (χ2n) is 9.89. The number of carbonyl (C=O) groups is 1. The van der Waals surface area contributed by atoms with E-state index in [0.29, 0.717) is 6.04 Å². The second-order valence-corrected chi connectivity index (χ2v) is 9.89. The standard InChI is InChI=1S/C28H33N3O2/c1-3-19-15-23-20(16-25-27(28(23)32)22-5-4-18(2)14-24(22)29-25)17-26(19)31-8-6-21(7-9-31)30-10-12-33-13-11-30/h4-5,14-15,17,21,29H,3,6-13,16H2,1-2H3. The third-order valence-corrected chi connectivity index (χ3v) is 7.92. The largest absolute Gasteiger partial charge is 0.379 e. The number of H-pyrrole nitrogens is 1. The summed E-state index contributed by atoms with van der Waals surface area (Å²) in [6, 6.07) is 11.5. The van der Waals surface area contributed by atoms with Crippen molar-refractivity contribution in [1.29, 1.82) is 0 Å². The molecule has 0 radical (unpaired) electrons. The lowest BCUT2D eigenvalue weighted by Gasteiger charge is -2.41. The van der Waals surface area contributed by atoms with Crippen LogP contribution in [0, 0.1) is 6.92 Å². The molecule has 6 rings (SSSR count). The number of morpholine rings is 1. The third kappa shape index (κ3) is 3.58. The van der Waals surface area contributed by atoms with Crippen LogP contribution < -0.4 is 4.90 Å². The normalized spacial score (nSPS) is 19.7. The second kappa shape index (κ2) is 8.30. The van der Waals surface area contributed by atoms with Gasteiger partial charge in [-0.2, -0.15) is 0 Å². The first kappa shape index (κ1) is 20.9. The Morgan fingerprint density at radius 2 is 1.85 bits per heavy atom. The van der Waals surface area contributed by atoms with E-state index in [1.807, 2.05) is 0 Å². The fraction of sp³-hybridized carbons (Fsp3) is 0.464. The molecule has 0 amide bonds. The minimum atomic E-state index is 0.175. The zero-order chi connectivity index (χ0) is 22.5. The number of anilines is 1. The summed E-state index contributed by atoms with van der Waals surface area (Å²) in [6.07, 6.45) is 4.14. The van der Waals surface area contributed by atoms with E-state index >= 15 is 0 Å². The van der Waals surface area contributed by atoms with Crippen LogP contribution in [0.3, 0.4) is 0 Å². The molecule has 33 heavy (non-hydrogen) atoms. The molecule has 2 aromatic carbocycles. The van der Waals surface area contributed by atoms with E-state index in [9.17, 15) is 4.79 Å².